The van der Waals surface area contributed by atoms with Crippen molar-refractivity contribution in [2.45, 2.75) is 40.0 Å². The van der Waals surface area contributed by atoms with Crippen molar-refractivity contribution in [3.8, 4) is 0 Å². The van der Waals surface area contributed by atoms with E-state index in [0.717, 1.165) is 0 Å². The van der Waals surface area contributed by atoms with Gasteiger partial charge in [-0.2, -0.15) is 0 Å². The monoisotopic (exact) mass is 147 g/mol. The fraction of sp³-hybridized carbons (Fsp3) is 0.600. The van der Waals surface area contributed by atoms with Crippen LogP contribution in [0.15, 0.2) is 22.6 Å². The summed E-state index contributed by atoms with van der Waals surface area (Å²) in [6, 6.07) is 0. The summed E-state index contributed by atoms with van der Waals surface area (Å²) < 4.78 is 0. The van der Waals surface area contributed by atoms with Crippen molar-refractivity contribution in [1.82, 2.24) is 0 Å². The molecule has 0 fully saturated rings. The van der Waals surface area contributed by atoms with Gasteiger partial charge in [0, 0.05) is 0 Å². The van der Waals surface area contributed by atoms with Crippen LogP contribution in [0.4, 0.5) is 0 Å². The Bertz CT molecular complexity index is 199. The highest BCUT2D eigenvalue weighted by molar-refractivity contribution is 6.53. The molecular formula is C10H16B. The lowest BCUT2D eigenvalue weighted by Crippen LogP contribution is -1.90. The van der Waals surface area contributed by atoms with Crippen molar-refractivity contribution >= 4 is 7.28 Å². The van der Waals surface area contributed by atoms with E-state index in [1.54, 1.807) is 16.6 Å². The summed E-state index contributed by atoms with van der Waals surface area (Å²) in [5, 5.41) is 0. The minimum absolute atomic E-state index is 1.18. The Balaban J connectivity index is 2.80. The summed E-state index contributed by atoms with van der Waals surface area (Å²) in [5.74, 6) is 2.28. The average molecular weight is 147 g/mol. The lowest BCUT2D eigenvalue weighted by Gasteiger charge is -2.06. The van der Waals surface area contributed by atoms with Gasteiger partial charge in [-0.15, -0.1) is 11.4 Å². The highest BCUT2D eigenvalue weighted by Gasteiger charge is 2.13. The van der Waals surface area contributed by atoms with Crippen molar-refractivity contribution in [2.24, 2.45) is 0 Å². The highest BCUT2D eigenvalue weighted by Crippen LogP contribution is 2.27. The predicted molar refractivity (Wildman–Crippen MR) is 51.7 cm³/mol. The first kappa shape index (κ1) is 8.64. The van der Waals surface area contributed by atoms with Crippen molar-refractivity contribution < 1.29 is 0 Å². The van der Waals surface area contributed by atoms with Crippen molar-refractivity contribution in [3.05, 3.63) is 22.6 Å². The quantitative estimate of drug-likeness (QED) is 0.538. The normalized spacial score (nSPS) is 16.8. The third kappa shape index (κ3) is 1.58. The summed E-state index contributed by atoms with van der Waals surface area (Å²) >= 11 is 0. The number of hydrogen-bond acceptors (Lipinski definition) is 0. The maximum absolute atomic E-state index is 2.28. The summed E-state index contributed by atoms with van der Waals surface area (Å²) in [6.45, 7) is 6.70. The molecule has 0 aliphatic carbocycles. The van der Waals surface area contributed by atoms with Crippen LogP contribution in [0.3, 0.4) is 0 Å². The van der Waals surface area contributed by atoms with E-state index in [9.17, 15) is 0 Å². The molecule has 0 aromatic carbocycles. The molecular weight excluding hydrogens is 131 g/mol. The first-order valence-electron chi connectivity index (χ1n) is 4.59. The van der Waals surface area contributed by atoms with E-state index in [4.69, 9.17) is 0 Å². The van der Waals surface area contributed by atoms with Gasteiger partial charge in [-0.3, -0.25) is 0 Å². The molecule has 1 heterocycles. The zero-order valence-electron chi connectivity index (χ0n) is 7.78. The van der Waals surface area contributed by atoms with E-state index in [-0.39, 0.29) is 0 Å². The topological polar surface area (TPSA) is 0 Å². The van der Waals surface area contributed by atoms with Crippen LogP contribution >= 0.6 is 0 Å². The van der Waals surface area contributed by atoms with Crippen LogP contribution in [0.25, 0.3) is 0 Å². The van der Waals surface area contributed by atoms with Gasteiger partial charge in [-0.25, -0.2) is 0 Å². The number of rotatable bonds is 3. The van der Waals surface area contributed by atoms with Gasteiger partial charge in [0.05, 0.1) is 0 Å². The lowest BCUT2D eigenvalue weighted by molar-refractivity contribution is 1.00. The summed E-state index contributed by atoms with van der Waals surface area (Å²) in [5.41, 5.74) is 4.68. The van der Waals surface area contributed by atoms with Gasteiger partial charge in [0.2, 0.25) is 0 Å². The van der Waals surface area contributed by atoms with E-state index in [1.165, 1.54) is 19.3 Å². The van der Waals surface area contributed by atoms with Gasteiger partial charge in [-0.1, -0.05) is 31.9 Å². The predicted octanol–water partition coefficient (Wildman–Crippen LogP) is 3.07. The minimum atomic E-state index is 1.18. The van der Waals surface area contributed by atoms with Crippen LogP contribution < -0.4 is 0 Å². The van der Waals surface area contributed by atoms with Crippen LogP contribution in [0, 0.1) is 0 Å². The zero-order valence-corrected chi connectivity index (χ0v) is 7.78. The Labute approximate surface area is 70.6 Å². The minimum Gasteiger partial charge on any atom is -0.113 e. The molecule has 0 unspecified atom stereocenters. The summed E-state index contributed by atoms with van der Waals surface area (Å²) in [4.78, 5) is 0. The molecule has 0 aromatic rings. The highest BCUT2D eigenvalue weighted by atomic mass is 14.1. The average Bonchev–Trinajstić information content (AvgIpc) is 2.45. The molecule has 0 N–H and O–H groups in total. The molecule has 0 saturated carbocycles. The van der Waals surface area contributed by atoms with Crippen LogP contribution in [0.2, 0.25) is 0 Å². The molecule has 1 aliphatic rings. The standard InChI is InChI=1S/C10H16B/c1-4-8-7-11-10(6-3)9(8)5-2/h7H,4-6H2,1-3H3. The second-order valence-corrected chi connectivity index (χ2v) is 2.92. The van der Waals surface area contributed by atoms with Crippen molar-refractivity contribution in [1.29, 1.82) is 0 Å². The third-order valence-electron chi connectivity index (χ3n) is 2.38. The Hall–Kier alpha value is -0.455. The Morgan fingerprint density at radius 3 is 2.27 bits per heavy atom. The summed E-state index contributed by atoms with van der Waals surface area (Å²) in [7, 11) is 2.28. The smallest absolute Gasteiger partial charge is 0.113 e. The molecule has 1 heteroatoms. The van der Waals surface area contributed by atoms with Gasteiger partial charge < -0.3 is 0 Å². The van der Waals surface area contributed by atoms with Crippen molar-refractivity contribution in [2.75, 3.05) is 0 Å². The van der Waals surface area contributed by atoms with Gasteiger partial charge in [0.1, 0.15) is 0 Å². The fourth-order valence-corrected chi connectivity index (χ4v) is 1.73. The molecule has 0 atom stereocenters. The molecule has 0 amide bonds. The fourth-order valence-electron chi connectivity index (χ4n) is 1.73. The Morgan fingerprint density at radius 2 is 1.82 bits per heavy atom. The van der Waals surface area contributed by atoms with Crippen LogP contribution in [0.5, 0.6) is 0 Å². The summed E-state index contributed by atoms with van der Waals surface area (Å²) in [6.07, 6.45) is 3.56. The van der Waals surface area contributed by atoms with Gasteiger partial charge in [0.25, 0.3) is 0 Å². The van der Waals surface area contributed by atoms with Gasteiger partial charge >= 0.3 is 0 Å². The first-order chi connectivity index (χ1) is 5.33. The molecule has 0 saturated heterocycles. The molecule has 0 aromatic heterocycles. The molecule has 1 radical (unpaired) electrons. The first-order valence-corrected chi connectivity index (χ1v) is 4.59. The molecule has 0 bridgehead atoms. The van der Waals surface area contributed by atoms with E-state index in [1.807, 2.05) is 0 Å². The number of hydrogen-bond donors (Lipinski definition) is 0. The van der Waals surface area contributed by atoms with Crippen LogP contribution in [-0.4, -0.2) is 7.28 Å². The molecule has 59 valence electrons. The molecule has 11 heavy (non-hydrogen) atoms. The maximum atomic E-state index is 2.28. The van der Waals surface area contributed by atoms with E-state index in [0.29, 0.717) is 0 Å². The molecule has 1 aliphatic heterocycles. The lowest BCUT2D eigenvalue weighted by atomic mass is 9.71. The van der Waals surface area contributed by atoms with E-state index >= 15 is 0 Å². The molecule has 1 rings (SSSR count). The largest absolute Gasteiger partial charge is 0.176 e. The second kappa shape index (κ2) is 3.80. The van der Waals surface area contributed by atoms with Gasteiger partial charge in [0.15, 0.2) is 7.28 Å². The van der Waals surface area contributed by atoms with E-state index < -0.39 is 0 Å². The number of allylic oxidation sites excluding steroid dienone is 3. The Morgan fingerprint density at radius 1 is 1.09 bits per heavy atom. The maximum Gasteiger partial charge on any atom is 0.176 e. The second-order valence-electron chi connectivity index (χ2n) is 2.92. The van der Waals surface area contributed by atoms with Crippen molar-refractivity contribution in [3.63, 3.8) is 0 Å². The van der Waals surface area contributed by atoms with E-state index in [2.05, 4.69) is 34.0 Å². The third-order valence-corrected chi connectivity index (χ3v) is 2.38. The molecule has 0 spiro atoms. The Kier molecular flexibility index (Phi) is 2.98. The zero-order chi connectivity index (χ0) is 8.27. The van der Waals surface area contributed by atoms with Gasteiger partial charge in [-0.05, 0) is 19.3 Å². The SMILES string of the molecule is CCC1=C[B]C(CC)=C1CC. The molecule has 0 nitrogen and oxygen atoms in total. The van der Waals surface area contributed by atoms with Crippen LogP contribution in [-0.2, 0) is 0 Å². The van der Waals surface area contributed by atoms with Crippen LogP contribution in [0.1, 0.15) is 40.0 Å².